The standard InChI is InChI=1S/C23H27FN3O2P/c24-20-8-7-17(13-21-18-3-1-2-4-19(18)23(28)26-25-21)14-22(20)30(29)11-9-27(10-12-30)15-16-5-6-16/h1-4,7-8,14,16,29-30H,5-6,9-13,15H2,(H,26,28). The van der Waals surface area contributed by atoms with Gasteiger partial charge in [0.25, 0.3) is 0 Å². The molecule has 5 nitrogen and oxygen atoms in total. The van der Waals surface area contributed by atoms with Crippen molar-refractivity contribution in [3.8, 4) is 0 Å². The first-order chi connectivity index (χ1) is 14.5. The normalized spacial score (nSPS) is 20.3. The van der Waals surface area contributed by atoms with Crippen molar-refractivity contribution in [3.63, 3.8) is 0 Å². The van der Waals surface area contributed by atoms with Crippen LogP contribution in [-0.2, 0) is 6.42 Å². The first kappa shape index (κ1) is 19.8. The summed E-state index contributed by atoms with van der Waals surface area (Å²) in [4.78, 5) is 25.9. The molecule has 0 unspecified atom stereocenters. The second kappa shape index (κ2) is 7.84. The number of fused-ring (bicyclic) bond motifs is 1. The zero-order valence-corrected chi connectivity index (χ0v) is 17.9. The molecule has 158 valence electrons. The number of H-pyrrole nitrogens is 1. The van der Waals surface area contributed by atoms with Gasteiger partial charge in [-0.1, -0.05) is 0 Å². The van der Waals surface area contributed by atoms with E-state index in [2.05, 4.69) is 15.1 Å². The van der Waals surface area contributed by atoms with E-state index in [1.165, 1.54) is 18.9 Å². The van der Waals surface area contributed by atoms with Gasteiger partial charge >= 0.3 is 175 Å². The molecule has 0 amide bonds. The van der Waals surface area contributed by atoms with E-state index in [1.807, 2.05) is 24.3 Å². The summed E-state index contributed by atoms with van der Waals surface area (Å²) >= 11 is 0. The Morgan fingerprint density at radius 1 is 1.13 bits per heavy atom. The third-order valence-electron chi connectivity index (χ3n) is 6.58. The Morgan fingerprint density at radius 3 is 2.60 bits per heavy atom. The van der Waals surface area contributed by atoms with Crippen LogP contribution in [0.1, 0.15) is 24.1 Å². The quantitative estimate of drug-likeness (QED) is 0.615. The van der Waals surface area contributed by atoms with E-state index in [1.54, 1.807) is 12.1 Å². The van der Waals surface area contributed by atoms with E-state index in [0.29, 0.717) is 29.4 Å². The molecule has 1 saturated heterocycles. The molecule has 2 aliphatic rings. The fraction of sp³-hybridized carbons (Fsp3) is 0.391. The van der Waals surface area contributed by atoms with Gasteiger partial charge in [-0.05, 0) is 0 Å². The first-order valence-electron chi connectivity index (χ1n) is 10.7. The van der Waals surface area contributed by atoms with Gasteiger partial charge in [-0.3, -0.25) is 0 Å². The van der Waals surface area contributed by atoms with Crippen molar-refractivity contribution in [2.24, 2.45) is 5.92 Å². The molecule has 5 rings (SSSR count). The summed E-state index contributed by atoms with van der Waals surface area (Å²) in [6.07, 6.45) is 4.48. The van der Waals surface area contributed by atoms with Crippen LogP contribution in [0.15, 0.2) is 47.3 Å². The van der Waals surface area contributed by atoms with E-state index in [0.717, 1.165) is 42.2 Å². The number of hydrogen-bond donors (Lipinski definition) is 2. The minimum absolute atomic E-state index is 0.214. The zero-order valence-electron chi connectivity index (χ0n) is 16.9. The first-order valence-corrected chi connectivity index (χ1v) is 13.1. The third-order valence-corrected chi connectivity index (χ3v) is 10.1. The van der Waals surface area contributed by atoms with Gasteiger partial charge in [-0.25, -0.2) is 0 Å². The van der Waals surface area contributed by atoms with Crippen LogP contribution in [0.25, 0.3) is 10.8 Å². The molecular formula is C23H27FN3O2P. The molecule has 0 bridgehead atoms. The molecular weight excluding hydrogens is 400 g/mol. The molecule has 2 fully saturated rings. The second-order valence-corrected chi connectivity index (χ2v) is 12.4. The summed E-state index contributed by atoms with van der Waals surface area (Å²) in [6.45, 7) is 2.84. The van der Waals surface area contributed by atoms with Gasteiger partial charge < -0.3 is 0 Å². The molecule has 1 aliphatic carbocycles. The van der Waals surface area contributed by atoms with Crippen LogP contribution < -0.4 is 10.9 Å². The van der Waals surface area contributed by atoms with E-state index in [-0.39, 0.29) is 11.4 Å². The molecule has 0 atom stereocenters. The van der Waals surface area contributed by atoms with Crippen LogP contribution >= 0.6 is 7.49 Å². The Hall–Kier alpha value is -2.14. The van der Waals surface area contributed by atoms with Gasteiger partial charge in [0.2, 0.25) is 0 Å². The van der Waals surface area contributed by atoms with Crippen LogP contribution in [0.4, 0.5) is 4.39 Å². The summed E-state index contributed by atoms with van der Waals surface area (Å²) in [6, 6.07) is 12.4. The van der Waals surface area contributed by atoms with E-state index in [4.69, 9.17) is 0 Å². The van der Waals surface area contributed by atoms with Gasteiger partial charge in [0.15, 0.2) is 0 Å². The van der Waals surface area contributed by atoms with Crippen molar-refractivity contribution >= 4 is 23.6 Å². The molecule has 1 aliphatic heterocycles. The summed E-state index contributed by atoms with van der Waals surface area (Å²) < 4.78 is 14.8. The number of aromatic nitrogens is 2. The zero-order chi connectivity index (χ0) is 20.7. The van der Waals surface area contributed by atoms with E-state index < -0.39 is 7.49 Å². The SMILES string of the molecule is O=c1[nH]nc(Cc2ccc(F)c([PH]3(O)CCN(CC4CC4)CC3)c2)c2ccccc12. The maximum absolute atomic E-state index is 14.8. The summed E-state index contributed by atoms with van der Waals surface area (Å²) in [5.74, 6) is 0.528. The number of benzene rings is 2. The predicted octanol–water partition coefficient (Wildman–Crippen LogP) is 2.66. The van der Waals surface area contributed by atoms with Crippen LogP contribution in [0.2, 0.25) is 0 Å². The van der Waals surface area contributed by atoms with Crippen LogP contribution in [0.5, 0.6) is 0 Å². The van der Waals surface area contributed by atoms with Gasteiger partial charge in [0, 0.05) is 0 Å². The minimum atomic E-state index is -2.84. The number of nitrogens with one attached hydrogen (secondary N) is 1. The topological polar surface area (TPSA) is 69.2 Å². The number of aromatic amines is 1. The van der Waals surface area contributed by atoms with Crippen molar-refractivity contribution in [2.75, 3.05) is 32.0 Å². The van der Waals surface area contributed by atoms with Crippen molar-refractivity contribution in [1.29, 1.82) is 0 Å². The fourth-order valence-corrected chi connectivity index (χ4v) is 7.72. The molecule has 30 heavy (non-hydrogen) atoms. The summed E-state index contributed by atoms with van der Waals surface area (Å²) in [5.41, 5.74) is 1.43. The van der Waals surface area contributed by atoms with Crippen LogP contribution in [-0.4, -0.2) is 51.9 Å². The molecule has 0 spiro atoms. The van der Waals surface area contributed by atoms with Gasteiger partial charge in [0.05, 0.1) is 0 Å². The number of halogens is 1. The Labute approximate surface area is 175 Å². The van der Waals surface area contributed by atoms with Crippen molar-refractivity contribution in [3.05, 3.63) is 69.9 Å². The fourth-order valence-electron chi connectivity index (χ4n) is 4.58. The van der Waals surface area contributed by atoms with Crippen LogP contribution in [0, 0.1) is 11.7 Å². The summed E-state index contributed by atoms with van der Waals surface area (Å²) in [7, 11) is -2.84. The molecule has 1 saturated carbocycles. The van der Waals surface area contributed by atoms with Gasteiger partial charge in [0.1, 0.15) is 0 Å². The second-order valence-electron chi connectivity index (χ2n) is 8.81. The summed E-state index contributed by atoms with van der Waals surface area (Å²) in [5, 5.41) is 8.71. The number of hydrogen-bond acceptors (Lipinski definition) is 4. The van der Waals surface area contributed by atoms with E-state index in [9.17, 15) is 14.1 Å². The molecule has 3 aromatic rings. The van der Waals surface area contributed by atoms with Gasteiger partial charge in [-0.15, -0.1) is 0 Å². The number of rotatable bonds is 5. The predicted molar refractivity (Wildman–Crippen MR) is 121 cm³/mol. The third kappa shape index (κ3) is 3.92. The Kier molecular flexibility index (Phi) is 5.18. The molecule has 2 aromatic carbocycles. The Bertz CT molecular complexity index is 1140. The average molecular weight is 427 g/mol. The maximum atomic E-state index is 14.8. The van der Waals surface area contributed by atoms with E-state index >= 15 is 0 Å². The van der Waals surface area contributed by atoms with Gasteiger partial charge in [-0.2, -0.15) is 0 Å². The monoisotopic (exact) mass is 427 g/mol. The van der Waals surface area contributed by atoms with Crippen molar-refractivity contribution in [1.82, 2.24) is 15.1 Å². The average Bonchev–Trinajstić information content (AvgIpc) is 3.57. The molecule has 2 N–H and O–H groups in total. The molecule has 7 heteroatoms. The Morgan fingerprint density at radius 2 is 1.87 bits per heavy atom. The number of nitrogens with zero attached hydrogens (tertiary/aromatic N) is 2. The Balaban J connectivity index is 1.40. The van der Waals surface area contributed by atoms with Crippen molar-refractivity contribution in [2.45, 2.75) is 19.3 Å². The van der Waals surface area contributed by atoms with Crippen LogP contribution in [0.3, 0.4) is 0 Å². The van der Waals surface area contributed by atoms with Crippen molar-refractivity contribution < 1.29 is 9.28 Å². The molecule has 1 aromatic heterocycles. The molecule has 2 heterocycles. The molecule has 0 radical (unpaired) electrons.